The lowest BCUT2D eigenvalue weighted by Gasteiger charge is -2.09. The average Bonchev–Trinajstić information content (AvgIpc) is 2.40. The van der Waals surface area contributed by atoms with Gasteiger partial charge >= 0.3 is 5.97 Å². The molecule has 20 heavy (non-hydrogen) atoms. The van der Waals surface area contributed by atoms with Gasteiger partial charge in [0.15, 0.2) is 0 Å². The van der Waals surface area contributed by atoms with Crippen LogP contribution in [0, 0.1) is 0 Å². The van der Waals surface area contributed by atoms with Crippen molar-refractivity contribution in [3.63, 3.8) is 0 Å². The Hall–Kier alpha value is -1.71. The molecule has 0 saturated carbocycles. The quantitative estimate of drug-likeness (QED) is 0.614. The number of hydrogen-bond acceptors (Lipinski definition) is 3. The fraction of sp³-hybridized carbons (Fsp3) is 0.133. The number of carbonyl (C=O) groups is 1. The van der Waals surface area contributed by atoms with Crippen LogP contribution in [-0.4, -0.2) is 13.1 Å². The zero-order valence-corrected chi connectivity index (χ0v) is 12.5. The van der Waals surface area contributed by atoms with Crippen molar-refractivity contribution in [2.45, 2.75) is 6.92 Å². The van der Waals surface area contributed by atoms with E-state index in [-0.39, 0.29) is 0 Å². The maximum absolute atomic E-state index is 10.9. The van der Waals surface area contributed by atoms with Gasteiger partial charge in [-0.05, 0) is 35.4 Å². The molecule has 5 heteroatoms. The van der Waals surface area contributed by atoms with Gasteiger partial charge in [0.2, 0.25) is 0 Å². The van der Waals surface area contributed by atoms with E-state index in [1.807, 2.05) is 12.1 Å². The average molecular weight is 311 g/mol. The molecule has 0 aliphatic heterocycles. The lowest BCUT2D eigenvalue weighted by Crippen LogP contribution is -2.01. The van der Waals surface area contributed by atoms with Crippen molar-refractivity contribution < 1.29 is 14.3 Å². The standard InChI is InChI=1S/C15H12Cl2O3/c1-9(18)20-15-6-4-11(8-13(15)17)10-3-5-14(19-2)12(16)7-10/h3-8H,1-2H3. The van der Waals surface area contributed by atoms with E-state index >= 15 is 0 Å². The molecule has 0 aliphatic carbocycles. The SMILES string of the molecule is COc1ccc(-c2ccc(OC(C)=O)c(Cl)c2)cc1Cl. The zero-order valence-electron chi connectivity index (χ0n) is 10.9. The Labute approximate surface area is 127 Å². The van der Waals surface area contributed by atoms with Crippen LogP contribution in [0.15, 0.2) is 36.4 Å². The first-order valence-corrected chi connectivity index (χ1v) is 6.58. The Morgan fingerprint density at radius 2 is 1.45 bits per heavy atom. The molecule has 0 aliphatic rings. The van der Waals surface area contributed by atoms with Gasteiger partial charge in [-0.3, -0.25) is 4.79 Å². The molecular weight excluding hydrogens is 299 g/mol. The van der Waals surface area contributed by atoms with E-state index in [1.54, 1.807) is 31.4 Å². The Morgan fingerprint density at radius 1 is 0.950 bits per heavy atom. The van der Waals surface area contributed by atoms with Crippen molar-refractivity contribution >= 4 is 29.2 Å². The minimum atomic E-state index is -0.410. The third-order valence-corrected chi connectivity index (χ3v) is 3.26. The highest BCUT2D eigenvalue weighted by molar-refractivity contribution is 6.33. The molecule has 0 fully saturated rings. The van der Waals surface area contributed by atoms with Gasteiger partial charge in [-0.25, -0.2) is 0 Å². The van der Waals surface area contributed by atoms with Crippen molar-refractivity contribution in [3.8, 4) is 22.6 Å². The Bertz CT molecular complexity index is 654. The predicted molar refractivity (Wildman–Crippen MR) is 79.8 cm³/mol. The van der Waals surface area contributed by atoms with Crippen LogP contribution in [-0.2, 0) is 4.79 Å². The summed E-state index contributed by atoms with van der Waals surface area (Å²) in [6.45, 7) is 1.33. The highest BCUT2D eigenvalue weighted by Gasteiger charge is 2.08. The summed E-state index contributed by atoms with van der Waals surface area (Å²) < 4.78 is 10.1. The van der Waals surface area contributed by atoms with Crippen LogP contribution in [0.25, 0.3) is 11.1 Å². The van der Waals surface area contributed by atoms with Crippen LogP contribution in [0.5, 0.6) is 11.5 Å². The molecule has 0 aromatic heterocycles. The number of halogens is 2. The number of carbonyl (C=O) groups excluding carboxylic acids is 1. The van der Waals surface area contributed by atoms with Gasteiger partial charge < -0.3 is 9.47 Å². The molecule has 0 N–H and O–H groups in total. The first-order valence-electron chi connectivity index (χ1n) is 5.83. The molecule has 2 rings (SSSR count). The van der Waals surface area contributed by atoms with E-state index in [2.05, 4.69) is 0 Å². The number of hydrogen-bond donors (Lipinski definition) is 0. The minimum Gasteiger partial charge on any atom is -0.495 e. The minimum absolute atomic E-state index is 0.336. The van der Waals surface area contributed by atoms with E-state index in [9.17, 15) is 4.79 Å². The maximum Gasteiger partial charge on any atom is 0.308 e. The summed E-state index contributed by atoms with van der Waals surface area (Å²) in [7, 11) is 1.56. The molecule has 2 aromatic carbocycles. The lowest BCUT2D eigenvalue weighted by molar-refractivity contribution is -0.131. The zero-order chi connectivity index (χ0) is 14.7. The van der Waals surface area contributed by atoms with Gasteiger partial charge in [-0.2, -0.15) is 0 Å². The number of benzene rings is 2. The normalized spacial score (nSPS) is 10.2. The summed E-state index contributed by atoms with van der Waals surface area (Å²) in [5.74, 6) is 0.535. The molecule has 0 radical (unpaired) electrons. The molecule has 2 aromatic rings. The molecule has 104 valence electrons. The van der Waals surface area contributed by atoms with Gasteiger partial charge in [0.1, 0.15) is 11.5 Å². The smallest absolute Gasteiger partial charge is 0.308 e. The molecule has 0 saturated heterocycles. The first kappa shape index (κ1) is 14.7. The second-order valence-corrected chi connectivity index (χ2v) is 4.90. The van der Waals surface area contributed by atoms with E-state index < -0.39 is 5.97 Å². The second kappa shape index (κ2) is 6.16. The number of rotatable bonds is 3. The molecule has 3 nitrogen and oxygen atoms in total. The van der Waals surface area contributed by atoms with E-state index in [0.717, 1.165) is 11.1 Å². The van der Waals surface area contributed by atoms with Crippen LogP contribution in [0.2, 0.25) is 10.0 Å². The summed E-state index contributed by atoms with van der Waals surface area (Å²) in [6, 6.07) is 10.6. The van der Waals surface area contributed by atoms with Gasteiger partial charge in [0, 0.05) is 6.92 Å². The Balaban J connectivity index is 2.36. The van der Waals surface area contributed by atoms with Crippen molar-refractivity contribution in [3.05, 3.63) is 46.4 Å². The van der Waals surface area contributed by atoms with Crippen LogP contribution in [0.4, 0.5) is 0 Å². The molecular formula is C15H12Cl2O3. The first-order chi connectivity index (χ1) is 9.51. The highest BCUT2D eigenvalue weighted by Crippen LogP contribution is 2.34. The topological polar surface area (TPSA) is 35.5 Å². The molecule has 0 unspecified atom stereocenters. The van der Waals surface area contributed by atoms with Crippen LogP contribution in [0.3, 0.4) is 0 Å². The van der Waals surface area contributed by atoms with Gasteiger partial charge in [0.05, 0.1) is 17.2 Å². The largest absolute Gasteiger partial charge is 0.495 e. The highest BCUT2D eigenvalue weighted by atomic mass is 35.5. The molecule has 0 atom stereocenters. The fourth-order valence-electron chi connectivity index (χ4n) is 1.76. The molecule has 0 bridgehead atoms. The van der Waals surface area contributed by atoms with Crippen molar-refractivity contribution in [2.75, 3.05) is 7.11 Å². The number of esters is 1. The fourth-order valence-corrected chi connectivity index (χ4v) is 2.24. The van der Waals surface area contributed by atoms with Gasteiger partial charge in [-0.1, -0.05) is 35.3 Å². The predicted octanol–water partition coefficient (Wildman–Crippen LogP) is 4.59. The van der Waals surface area contributed by atoms with Crippen molar-refractivity contribution in [1.29, 1.82) is 0 Å². The molecule has 0 amide bonds. The summed E-state index contributed by atoms with van der Waals surface area (Å²) in [5.41, 5.74) is 1.77. The van der Waals surface area contributed by atoms with Gasteiger partial charge in [-0.15, -0.1) is 0 Å². The van der Waals surface area contributed by atoms with Crippen LogP contribution >= 0.6 is 23.2 Å². The van der Waals surface area contributed by atoms with E-state index in [1.165, 1.54) is 6.92 Å². The summed E-state index contributed by atoms with van der Waals surface area (Å²) in [4.78, 5) is 10.9. The van der Waals surface area contributed by atoms with Crippen LogP contribution in [0.1, 0.15) is 6.92 Å². The van der Waals surface area contributed by atoms with E-state index in [0.29, 0.717) is 21.5 Å². The van der Waals surface area contributed by atoms with Crippen LogP contribution < -0.4 is 9.47 Å². The summed E-state index contributed by atoms with van der Waals surface area (Å²) >= 11 is 12.2. The maximum atomic E-state index is 10.9. The van der Waals surface area contributed by atoms with E-state index in [4.69, 9.17) is 32.7 Å². The summed E-state index contributed by atoms with van der Waals surface area (Å²) in [5, 5.41) is 0.884. The third-order valence-electron chi connectivity index (χ3n) is 2.67. The number of methoxy groups -OCH3 is 1. The Morgan fingerprint density at radius 3 is 1.85 bits per heavy atom. The Kier molecular flexibility index (Phi) is 4.53. The third kappa shape index (κ3) is 3.24. The van der Waals surface area contributed by atoms with Crippen molar-refractivity contribution in [1.82, 2.24) is 0 Å². The van der Waals surface area contributed by atoms with Gasteiger partial charge in [0.25, 0.3) is 0 Å². The molecule has 0 heterocycles. The lowest BCUT2D eigenvalue weighted by atomic mass is 10.1. The monoisotopic (exact) mass is 310 g/mol. The number of ether oxygens (including phenoxy) is 2. The second-order valence-electron chi connectivity index (χ2n) is 4.09. The molecule has 0 spiro atoms. The summed E-state index contributed by atoms with van der Waals surface area (Å²) in [6.07, 6.45) is 0. The van der Waals surface area contributed by atoms with Crippen molar-refractivity contribution in [2.24, 2.45) is 0 Å².